The van der Waals surface area contributed by atoms with Crippen LogP contribution in [0.25, 0.3) is 0 Å². The van der Waals surface area contributed by atoms with Gasteiger partial charge < -0.3 is 9.84 Å². The summed E-state index contributed by atoms with van der Waals surface area (Å²) in [4.78, 5) is 15.5. The number of benzene rings is 3. The molecule has 3 aromatic carbocycles. The van der Waals surface area contributed by atoms with Gasteiger partial charge in [-0.25, -0.2) is 4.79 Å². The van der Waals surface area contributed by atoms with Crippen molar-refractivity contribution in [2.24, 2.45) is 4.99 Å². The van der Waals surface area contributed by atoms with Gasteiger partial charge in [-0.2, -0.15) is 0 Å². The lowest BCUT2D eigenvalue weighted by Gasteiger charge is -2.10. The Morgan fingerprint density at radius 3 is 2.38 bits per heavy atom. The molecule has 0 fully saturated rings. The normalized spacial score (nSPS) is 12.1. The van der Waals surface area contributed by atoms with Crippen LogP contribution in [0.1, 0.15) is 53.2 Å². The van der Waals surface area contributed by atoms with E-state index in [1.54, 1.807) is 30.5 Å². The molecule has 3 rings (SSSR count). The standard InChI is InChI=1S/C25H25NO3/c1-3-18(2)20-12-14-23(15-13-20)26-16-22-6-4-5-7-24(22)29-17-19-8-10-21(11-9-19)25(27)28/h4-16,18H,3,17H2,1-2H3,(H,27,28)/t18-/m0/s1. The van der Waals surface area contributed by atoms with E-state index < -0.39 is 5.97 Å². The summed E-state index contributed by atoms with van der Waals surface area (Å²) in [6, 6.07) is 22.7. The van der Waals surface area contributed by atoms with Crippen molar-refractivity contribution >= 4 is 17.9 Å². The molecule has 0 spiro atoms. The third kappa shape index (κ3) is 5.55. The highest BCUT2D eigenvalue weighted by Gasteiger charge is 2.05. The van der Waals surface area contributed by atoms with Gasteiger partial charge in [0, 0.05) is 11.8 Å². The lowest BCUT2D eigenvalue weighted by atomic mass is 9.99. The highest BCUT2D eigenvalue weighted by molar-refractivity contribution is 5.87. The van der Waals surface area contributed by atoms with E-state index in [0.29, 0.717) is 12.5 Å². The van der Waals surface area contributed by atoms with E-state index in [-0.39, 0.29) is 5.56 Å². The molecule has 0 aliphatic rings. The van der Waals surface area contributed by atoms with Crippen LogP contribution in [0, 0.1) is 0 Å². The summed E-state index contributed by atoms with van der Waals surface area (Å²) in [5, 5.41) is 8.98. The summed E-state index contributed by atoms with van der Waals surface area (Å²) in [6.07, 6.45) is 2.92. The van der Waals surface area contributed by atoms with Gasteiger partial charge in [0.15, 0.2) is 0 Å². The molecule has 4 heteroatoms. The Balaban J connectivity index is 1.68. The fraction of sp³-hybridized carbons (Fsp3) is 0.200. The van der Waals surface area contributed by atoms with Crippen LogP contribution in [0.5, 0.6) is 5.75 Å². The molecular formula is C25H25NO3. The molecule has 1 N–H and O–H groups in total. The molecule has 0 saturated carbocycles. The van der Waals surface area contributed by atoms with E-state index in [9.17, 15) is 4.79 Å². The molecule has 0 unspecified atom stereocenters. The Morgan fingerprint density at radius 1 is 1.03 bits per heavy atom. The van der Waals surface area contributed by atoms with Gasteiger partial charge in [-0.05, 0) is 59.9 Å². The Bertz CT molecular complexity index is 976. The summed E-state index contributed by atoms with van der Waals surface area (Å²) in [5.41, 5.74) is 4.28. The molecule has 1 atom stereocenters. The number of hydrogen-bond acceptors (Lipinski definition) is 3. The quantitative estimate of drug-likeness (QED) is 0.466. The van der Waals surface area contributed by atoms with Crippen molar-refractivity contribution in [3.63, 3.8) is 0 Å². The van der Waals surface area contributed by atoms with Gasteiger partial charge in [0.05, 0.1) is 11.3 Å². The zero-order chi connectivity index (χ0) is 20.6. The summed E-state index contributed by atoms with van der Waals surface area (Å²) in [6.45, 7) is 4.77. The average Bonchev–Trinajstić information content (AvgIpc) is 2.77. The van der Waals surface area contributed by atoms with Crippen molar-refractivity contribution in [3.05, 3.63) is 95.1 Å². The second-order valence-corrected chi connectivity index (χ2v) is 6.99. The number of carbonyl (C=O) groups is 1. The summed E-state index contributed by atoms with van der Waals surface area (Å²) in [5.74, 6) is 0.345. The second kappa shape index (κ2) is 9.69. The maximum absolute atomic E-state index is 10.9. The Labute approximate surface area is 171 Å². The molecule has 0 bridgehead atoms. The third-order valence-corrected chi connectivity index (χ3v) is 4.94. The van der Waals surface area contributed by atoms with Crippen molar-refractivity contribution in [2.75, 3.05) is 0 Å². The van der Waals surface area contributed by atoms with Crippen LogP contribution >= 0.6 is 0 Å². The van der Waals surface area contributed by atoms with Gasteiger partial charge in [0.1, 0.15) is 12.4 Å². The van der Waals surface area contributed by atoms with E-state index in [2.05, 4.69) is 31.0 Å². The first-order chi connectivity index (χ1) is 14.1. The molecule has 3 aromatic rings. The van der Waals surface area contributed by atoms with Gasteiger partial charge in [-0.15, -0.1) is 0 Å². The number of para-hydroxylation sites is 1. The van der Waals surface area contributed by atoms with Crippen molar-refractivity contribution in [3.8, 4) is 5.75 Å². The highest BCUT2D eigenvalue weighted by Crippen LogP contribution is 2.23. The Morgan fingerprint density at radius 2 is 1.72 bits per heavy atom. The van der Waals surface area contributed by atoms with Crippen LogP contribution in [-0.2, 0) is 6.61 Å². The number of aliphatic imine (C=N–C) groups is 1. The molecule has 0 aliphatic heterocycles. The van der Waals surface area contributed by atoms with E-state index >= 15 is 0 Å². The summed E-state index contributed by atoms with van der Waals surface area (Å²) >= 11 is 0. The van der Waals surface area contributed by atoms with Crippen LogP contribution in [0.15, 0.2) is 77.8 Å². The molecule has 0 amide bonds. The van der Waals surface area contributed by atoms with Gasteiger partial charge in [-0.3, -0.25) is 4.99 Å². The highest BCUT2D eigenvalue weighted by atomic mass is 16.5. The topological polar surface area (TPSA) is 58.9 Å². The summed E-state index contributed by atoms with van der Waals surface area (Å²) in [7, 11) is 0. The van der Waals surface area contributed by atoms with Gasteiger partial charge >= 0.3 is 5.97 Å². The minimum Gasteiger partial charge on any atom is -0.488 e. The number of aromatic carboxylic acids is 1. The maximum Gasteiger partial charge on any atom is 0.335 e. The maximum atomic E-state index is 10.9. The van der Waals surface area contributed by atoms with E-state index in [4.69, 9.17) is 9.84 Å². The SMILES string of the molecule is CC[C@H](C)c1ccc(N=Cc2ccccc2OCc2ccc(C(=O)O)cc2)cc1. The molecule has 0 saturated heterocycles. The van der Waals surface area contributed by atoms with Gasteiger partial charge in [-0.1, -0.05) is 50.2 Å². The molecular weight excluding hydrogens is 362 g/mol. The van der Waals surface area contributed by atoms with E-state index in [1.807, 2.05) is 36.4 Å². The largest absolute Gasteiger partial charge is 0.488 e. The molecule has 4 nitrogen and oxygen atoms in total. The van der Waals surface area contributed by atoms with Crippen molar-refractivity contribution < 1.29 is 14.6 Å². The Hall–Kier alpha value is -3.40. The number of ether oxygens (including phenoxy) is 1. The zero-order valence-corrected chi connectivity index (χ0v) is 16.7. The molecule has 148 valence electrons. The first-order valence-electron chi connectivity index (χ1n) is 9.75. The Kier molecular flexibility index (Phi) is 6.80. The van der Waals surface area contributed by atoms with Crippen molar-refractivity contribution in [1.82, 2.24) is 0 Å². The minimum absolute atomic E-state index is 0.264. The minimum atomic E-state index is -0.934. The van der Waals surface area contributed by atoms with Gasteiger partial charge in [0.25, 0.3) is 0 Å². The molecule has 29 heavy (non-hydrogen) atoms. The fourth-order valence-corrected chi connectivity index (χ4v) is 2.89. The predicted molar refractivity (Wildman–Crippen MR) is 117 cm³/mol. The van der Waals surface area contributed by atoms with Gasteiger partial charge in [0.2, 0.25) is 0 Å². The third-order valence-electron chi connectivity index (χ3n) is 4.94. The second-order valence-electron chi connectivity index (χ2n) is 6.99. The number of carboxylic acid groups (broad SMARTS) is 1. The number of nitrogens with zero attached hydrogens (tertiary/aromatic N) is 1. The smallest absolute Gasteiger partial charge is 0.335 e. The fourth-order valence-electron chi connectivity index (χ4n) is 2.89. The first-order valence-corrected chi connectivity index (χ1v) is 9.75. The van der Waals surface area contributed by atoms with Crippen molar-refractivity contribution in [1.29, 1.82) is 0 Å². The van der Waals surface area contributed by atoms with E-state index in [1.165, 1.54) is 5.56 Å². The summed E-state index contributed by atoms with van der Waals surface area (Å²) < 4.78 is 5.94. The molecule has 0 aliphatic carbocycles. The molecule has 0 aromatic heterocycles. The van der Waals surface area contributed by atoms with Crippen LogP contribution in [-0.4, -0.2) is 17.3 Å². The monoisotopic (exact) mass is 387 g/mol. The molecule has 0 heterocycles. The average molecular weight is 387 g/mol. The lowest BCUT2D eigenvalue weighted by Crippen LogP contribution is -2.00. The zero-order valence-electron chi connectivity index (χ0n) is 16.7. The number of carboxylic acids is 1. The first kappa shape index (κ1) is 20.3. The van der Waals surface area contributed by atoms with Crippen molar-refractivity contribution in [2.45, 2.75) is 32.8 Å². The van der Waals surface area contributed by atoms with Crippen LogP contribution in [0.2, 0.25) is 0 Å². The number of rotatable bonds is 8. The van der Waals surface area contributed by atoms with Crippen LogP contribution < -0.4 is 4.74 Å². The molecule has 0 radical (unpaired) electrons. The van der Waals surface area contributed by atoms with Crippen LogP contribution in [0.4, 0.5) is 5.69 Å². The predicted octanol–water partition coefficient (Wildman–Crippen LogP) is 6.23. The van der Waals surface area contributed by atoms with Crippen LogP contribution in [0.3, 0.4) is 0 Å². The number of hydrogen-bond donors (Lipinski definition) is 1. The lowest BCUT2D eigenvalue weighted by molar-refractivity contribution is 0.0697. The van der Waals surface area contributed by atoms with E-state index in [0.717, 1.165) is 29.0 Å².